The molecule has 12 heteroatoms. The number of amides is 4. The molecule has 12 nitrogen and oxygen atoms in total. The van der Waals surface area contributed by atoms with E-state index in [-0.39, 0.29) is 35.5 Å². The fourth-order valence-electron chi connectivity index (χ4n) is 4.65. The van der Waals surface area contributed by atoms with E-state index in [0.717, 1.165) is 38.8 Å². The van der Waals surface area contributed by atoms with Gasteiger partial charge in [0.1, 0.15) is 5.82 Å². The number of carbonyl (C=O) groups excluding carboxylic acids is 3. The van der Waals surface area contributed by atoms with Crippen LogP contribution in [0.2, 0.25) is 0 Å². The van der Waals surface area contributed by atoms with E-state index < -0.39 is 5.91 Å². The third-order valence-corrected chi connectivity index (χ3v) is 7.00. The fourth-order valence-corrected chi connectivity index (χ4v) is 4.65. The number of nitrogens with one attached hydrogen (secondary N) is 3. The smallest absolute Gasteiger partial charge is 0.317 e. The summed E-state index contributed by atoms with van der Waals surface area (Å²) in [6.45, 7) is 3.13. The molecule has 1 saturated heterocycles. The number of likely N-dealkylation sites (N-methyl/N-ethyl adjacent to an activating group) is 1. The van der Waals surface area contributed by atoms with Crippen LogP contribution in [0.3, 0.4) is 0 Å². The van der Waals surface area contributed by atoms with Crippen molar-refractivity contribution in [3.63, 3.8) is 0 Å². The van der Waals surface area contributed by atoms with Crippen LogP contribution < -0.4 is 21.7 Å². The zero-order chi connectivity index (χ0) is 27.2. The Hall–Kier alpha value is -3.93. The second kappa shape index (κ2) is 12.1. The molecule has 5 N–H and O–H groups in total. The number of carbonyl (C=O) groups is 3. The van der Waals surface area contributed by atoms with Crippen molar-refractivity contribution in [2.45, 2.75) is 37.8 Å². The number of urea groups is 1. The number of aromatic nitrogens is 2. The summed E-state index contributed by atoms with van der Waals surface area (Å²) in [5.41, 5.74) is 6.84. The maximum atomic E-state index is 12.8. The third-order valence-electron chi connectivity index (χ3n) is 7.00. The number of nitrogens with zero attached hydrogens (tertiary/aromatic N) is 5. The van der Waals surface area contributed by atoms with Crippen LogP contribution in [0.25, 0.3) is 0 Å². The molecule has 4 amide bonds. The van der Waals surface area contributed by atoms with Gasteiger partial charge in [-0.15, -0.1) is 0 Å². The minimum absolute atomic E-state index is 0.00413. The molecule has 1 aliphatic carbocycles. The summed E-state index contributed by atoms with van der Waals surface area (Å²) >= 11 is 0. The van der Waals surface area contributed by atoms with Gasteiger partial charge >= 0.3 is 6.03 Å². The number of hydrogen-bond acceptors (Lipinski definition) is 8. The van der Waals surface area contributed by atoms with Gasteiger partial charge in [-0.25, -0.2) is 14.8 Å². The molecule has 1 aromatic carbocycles. The Bertz CT molecular complexity index is 1140. The van der Waals surface area contributed by atoms with E-state index in [4.69, 9.17) is 5.73 Å². The normalized spacial score (nSPS) is 19.9. The predicted molar refractivity (Wildman–Crippen MR) is 146 cm³/mol. The number of anilines is 3. The molecule has 4 rings (SSSR count). The largest absolute Gasteiger partial charge is 0.366 e. The van der Waals surface area contributed by atoms with Crippen molar-refractivity contribution >= 4 is 35.2 Å². The van der Waals surface area contributed by atoms with Crippen LogP contribution in [0.4, 0.5) is 22.1 Å². The number of benzene rings is 1. The standard InChI is InChI=1S/C26H37N9O3/c1-33(2)26(38)31-20-10-8-18(9-11-20)29-21-16-28-22(23(27)36)24(32-21)30-19-6-4-17(5-7-19)25(37)35-14-12-34(3)13-15-35/h4-7,16,18,20H,8-15H2,1-3H3,(H2,27,36)(H,31,38)(H2,29,30,32)/t18-,20-. The Balaban J connectivity index is 1.38. The second-order valence-corrected chi connectivity index (χ2v) is 10.2. The highest BCUT2D eigenvalue weighted by molar-refractivity contribution is 5.97. The number of hydrogen-bond donors (Lipinski definition) is 4. The zero-order valence-electron chi connectivity index (χ0n) is 22.2. The van der Waals surface area contributed by atoms with E-state index in [1.54, 1.807) is 38.4 Å². The first-order valence-corrected chi connectivity index (χ1v) is 13.0. The molecular formula is C26H37N9O3. The molecule has 38 heavy (non-hydrogen) atoms. The van der Waals surface area contributed by atoms with Crippen LogP contribution in [-0.2, 0) is 0 Å². The summed E-state index contributed by atoms with van der Waals surface area (Å²) < 4.78 is 0. The molecule has 1 aliphatic heterocycles. The summed E-state index contributed by atoms with van der Waals surface area (Å²) in [5, 5.41) is 9.55. The van der Waals surface area contributed by atoms with E-state index >= 15 is 0 Å². The summed E-state index contributed by atoms with van der Waals surface area (Å²) in [6.07, 6.45) is 4.94. The molecule has 0 atom stereocenters. The third kappa shape index (κ3) is 6.88. The van der Waals surface area contributed by atoms with Crippen LogP contribution in [0.15, 0.2) is 30.5 Å². The predicted octanol–water partition coefficient (Wildman–Crippen LogP) is 1.70. The van der Waals surface area contributed by atoms with Gasteiger partial charge in [0, 0.05) is 63.6 Å². The Morgan fingerprint density at radius 3 is 2.21 bits per heavy atom. The highest BCUT2D eigenvalue weighted by Crippen LogP contribution is 2.24. The van der Waals surface area contributed by atoms with E-state index in [1.807, 2.05) is 4.90 Å². The number of primary amides is 1. The van der Waals surface area contributed by atoms with Gasteiger partial charge in [-0.1, -0.05) is 0 Å². The Kier molecular flexibility index (Phi) is 8.62. The van der Waals surface area contributed by atoms with Crippen molar-refractivity contribution in [1.29, 1.82) is 0 Å². The Labute approximate surface area is 223 Å². The molecule has 1 aromatic heterocycles. The zero-order valence-corrected chi connectivity index (χ0v) is 22.2. The molecule has 0 spiro atoms. The van der Waals surface area contributed by atoms with Crippen LogP contribution in [0, 0.1) is 0 Å². The van der Waals surface area contributed by atoms with Crippen LogP contribution >= 0.6 is 0 Å². The van der Waals surface area contributed by atoms with E-state index in [9.17, 15) is 14.4 Å². The maximum absolute atomic E-state index is 12.8. The first kappa shape index (κ1) is 27.1. The summed E-state index contributed by atoms with van der Waals surface area (Å²) in [6, 6.07) is 7.31. The lowest BCUT2D eigenvalue weighted by molar-refractivity contribution is 0.0664. The summed E-state index contributed by atoms with van der Waals surface area (Å²) in [4.78, 5) is 51.1. The van der Waals surface area contributed by atoms with Gasteiger partial charge in [-0.05, 0) is 57.0 Å². The summed E-state index contributed by atoms with van der Waals surface area (Å²) in [7, 11) is 5.50. The number of piperazine rings is 1. The Morgan fingerprint density at radius 1 is 0.974 bits per heavy atom. The van der Waals surface area contributed by atoms with Crippen LogP contribution in [0.5, 0.6) is 0 Å². The van der Waals surface area contributed by atoms with Crippen molar-refractivity contribution in [3.05, 3.63) is 41.7 Å². The maximum Gasteiger partial charge on any atom is 0.317 e. The van der Waals surface area contributed by atoms with Gasteiger partial charge in [0.25, 0.3) is 11.8 Å². The molecule has 0 bridgehead atoms. The first-order valence-electron chi connectivity index (χ1n) is 13.0. The van der Waals surface area contributed by atoms with Crippen molar-refractivity contribution in [1.82, 2.24) is 30.0 Å². The lowest BCUT2D eigenvalue weighted by atomic mass is 9.91. The minimum Gasteiger partial charge on any atom is -0.366 e. The van der Waals surface area contributed by atoms with E-state index in [0.29, 0.717) is 30.2 Å². The molecule has 1 saturated carbocycles. The molecular weight excluding hydrogens is 486 g/mol. The average molecular weight is 524 g/mol. The average Bonchev–Trinajstić information content (AvgIpc) is 2.90. The van der Waals surface area contributed by atoms with E-state index in [2.05, 4.69) is 37.9 Å². The molecule has 204 valence electrons. The van der Waals surface area contributed by atoms with Crippen molar-refractivity contribution in [2.24, 2.45) is 5.73 Å². The monoisotopic (exact) mass is 523 g/mol. The topological polar surface area (TPSA) is 149 Å². The van der Waals surface area contributed by atoms with Gasteiger partial charge in [-0.2, -0.15) is 0 Å². The molecule has 2 heterocycles. The fraction of sp³-hybridized carbons (Fsp3) is 0.500. The first-order chi connectivity index (χ1) is 18.2. The van der Waals surface area contributed by atoms with Gasteiger partial charge in [-0.3, -0.25) is 9.59 Å². The van der Waals surface area contributed by atoms with Crippen molar-refractivity contribution < 1.29 is 14.4 Å². The molecule has 0 unspecified atom stereocenters. The van der Waals surface area contributed by atoms with Crippen LogP contribution in [-0.4, -0.2) is 102 Å². The quantitative estimate of drug-likeness (QED) is 0.429. The van der Waals surface area contributed by atoms with Gasteiger partial charge < -0.3 is 36.4 Å². The van der Waals surface area contributed by atoms with Gasteiger partial charge in [0.2, 0.25) is 0 Å². The number of rotatable bonds is 7. The van der Waals surface area contributed by atoms with Crippen LogP contribution in [0.1, 0.15) is 46.5 Å². The van der Waals surface area contributed by atoms with E-state index in [1.165, 1.54) is 11.1 Å². The van der Waals surface area contributed by atoms with Gasteiger partial charge in [0.05, 0.1) is 6.20 Å². The minimum atomic E-state index is -0.689. The lowest BCUT2D eigenvalue weighted by Crippen LogP contribution is -2.47. The highest BCUT2D eigenvalue weighted by atomic mass is 16.2. The summed E-state index contributed by atoms with van der Waals surface area (Å²) in [5.74, 6) is 0.0859. The highest BCUT2D eigenvalue weighted by Gasteiger charge is 2.24. The van der Waals surface area contributed by atoms with Gasteiger partial charge in [0.15, 0.2) is 11.5 Å². The second-order valence-electron chi connectivity index (χ2n) is 10.2. The lowest BCUT2D eigenvalue weighted by Gasteiger charge is -2.32. The molecule has 0 radical (unpaired) electrons. The molecule has 2 fully saturated rings. The SMILES string of the molecule is CN1CCN(C(=O)c2ccc(Nc3nc(N[C@H]4CC[C@H](NC(=O)N(C)C)CC4)cnc3C(N)=O)cc2)CC1. The Morgan fingerprint density at radius 2 is 1.61 bits per heavy atom. The molecule has 2 aliphatic rings. The van der Waals surface area contributed by atoms with Crippen molar-refractivity contribution in [2.75, 3.05) is 58.0 Å². The van der Waals surface area contributed by atoms with Crippen molar-refractivity contribution in [3.8, 4) is 0 Å². The number of nitrogens with two attached hydrogens (primary N) is 1. The molecule has 2 aromatic rings.